The average Bonchev–Trinajstić information content (AvgIpc) is 3.01. The van der Waals surface area contributed by atoms with E-state index in [-0.39, 0.29) is 0 Å². The topological polar surface area (TPSA) is 38.1 Å². The SMILES string of the molecule is Cc1nc2ccc(NC(C)C3CC3)cc2o1. The van der Waals surface area contributed by atoms with Gasteiger partial charge in [-0.25, -0.2) is 4.98 Å². The zero-order valence-electron chi connectivity index (χ0n) is 9.66. The highest BCUT2D eigenvalue weighted by Gasteiger charge is 2.27. The van der Waals surface area contributed by atoms with Crippen LogP contribution in [0.1, 0.15) is 25.7 Å². The Morgan fingerprint density at radius 1 is 1.44 bits per heavy atom. The van der Waals surface area contributed by atoms with Crippen LogP contribution >= 0.6 is 0 Å². The number of aromatic nitrogens is 1. The zero-order valence-corrected chi connectivity index (χ0v) is 9.66. The third-order valence-corrected chi connectivity index (χ3v) is 3.22. The molecule has 1 saturated carbocycles. The Balaban J connectivity index is 1.86. The quantitative estimate of drug-likeness (QED) is 0.855. The van der Waals surface area contributed by atoms with Crippen LogP contribution in [0.15, 0.2) is 22.6 Å². The number of hydrogen-bond acceptors (Lipinski definition) is 3. The van der Waals surface area contributed by atoms with Gasteiger partial charge in [-0.15, -0.1) is 0 Å². The molecular formula is C13H16N2O. The van der Waals surface area contributed by atoms with Crippen LogP contribution in [0.5, 0.6) is 0 Å². The summed E-state index contributed by atoms with van der Waals surface area (Å²) >= 11 is 0. The summed E-state index contributed by atoms with van der Waals surface area (Å²) in [5, 5.41) is 3.52. The highest BCUT2D eigenvalue weighted by atomic mass is 16.3. The lowest BCUT2D eigenvalue weighted by Crippen LogP contribution is -2.16. The fraction of sp³-hybridized carbons (Fsp3) is 0.462. The van der Waals surface area contributed by atoms with Gasteiger partial charge in [-0.1, -0.05) is 0 Å². The molecule has 0 saturated heterocycles. The van der Waals surface area contributed by atoms with Crippen molar-refractivity contribution in [3.05, 3.63) is 24.1 Å². The third kappa shape index (κ3) is 1.77. The van der Waals surface area contributed by atoms with E-state index in [0.29, 0.717) is 6.04 Å². The lowest BCUT2D eigenvalue weighted by atomic mass is 10.2. The van der Waals surface area contributed by atoms with Crippen molar-refractivity contribution in [2.75, 3.05) is 5.32 Å². The number of anilines is 1. The highest BCUT2D eigenvalue weighted by Crippen LogP contribution is 2.34. The molecule has 0 radical (unpaired) electrons. The Morgan fingerprint density at radius 3 is 3.00 bits per heavy atom. The summed E-state index contributed by atoms with van der Waals surface area (Å²) in [5.74, 6) is 1.58. The molecule has 3 heteroatoms. The van der Waals surface area contributed by atoms with E-state index in [2.05, 4.69) is 23.3 Å². The molecule has 1 heterocycles. The first-order chi connectivity index (χ1) is 7.72. The van der Waals surface area contributed by atoms with Gasteiger partial charge in [0.2, 0.25) is 0 Å². The van der Waals surface area contributed by atoms with E-state index in [1.54, 1.807) is 0 Å². The van der Waals surface area contributed by atoms with Crippen LogP contribution < -0.4 is 5.32 Å². The second kappa shape index (κ2) is 3.51. The molecule has 1 fully saturated rings. The molecule has 0 aliphatic heterocycles. The minimum absolute atomic E-state index is 0.557. The predicted molar refractivity (Wildman–Crippen MR) is 64.6 cm³/mol. The van der Waals surface area contributed by atoms with Gasteiger partial charge in [-0.2, -0.15) is 0 Å². The second-order valence-corrected chi connectivity index (χ2v) is 4.69. The Labute approximate surface area is 94.9 Å². The van der Waals surface area contributed by atoms with Gasteiger partial charge < -0.3 is 9.73 Å². The van der Waals surface area contributed by atoms with Crippen molar-refractivity contribution in [1.82, 2.24) is 4.98 Å². The number of benzene rings is 1. The monoisotopic (exact) mass is 216 g/mol. The molecule has 16 heavy (non-hydrogen) atoms. The number of rotatable bonds is 3. The fourth-order valence-corrected chi connectivity index (χ4v) is 2.11. The van der Waals surface area contributed by atoms with E-state index in [1.165, 1.54) is 12.8 Å². The largest absolute Gasteiger partial charge is 0.441 e. The molecule has 3 rings (SSSR count). The van der Waals surface area contributed by atoms with Crippen molar-refractivity contribution in [1.29, 1.82) is 0 Å². The molecule has 1 unspecified atom stereocenters. The molecule has 1 aliphatic carbocycles. The zero-order chi connectivity index (χ0) is 11.1. The first-order valence-electron chi connectivity index (χ1n) is 5.86. The van der Waals surface area contributed by atoms with E-state index in [9.17, 15) is 0 Å². The molecule has 1 N–H and O–H groups in total. The molecule has 1 atom stereocenters. The Morgan fingerprint density at radius 2 is 2.25 bits per heavy atom. The lowest BCUT2D eigenvalue weighted by Gasteiger charge is -2.13. The minimum atomic E-state index is 0.557. The second-order valence-electron chi connectivity index (χ2n) is 4.69. The summed E-state index contributed by atoms with van der Waals surface area (Å²) in [6.45, 7) is 4.12. The average molecular weight is 216 g/mol. The summed E-state index contributed by atoms with van der Waals surface area (Å²) in [6.07, 6.45) is 2.72. The van der Waals surface area contributed by atoms with Gasteiger partial charge in [0.05, 0.1) is 0 Å². The lowest BCUT2D eigenvalue weighted by molar-refractivity contribution is 0.561. The fourth-order valence-electron chi connectivity index (χ4n) is 2.11. The number of nitrogens with one attached hydrogen (secondary N) is 1. The summed E-state index contributed by atoms with van der Waals surface area (Å²) in [7, 11) is 0. The Hall–Kier alpha value is -1.51. The van der Waals surface area contributed by atoms with E-state index in [0.717, 1.165) is 28.6 Å². The molecule has 1 aliphatic rings. The predicted octanol–water partition coefficient (Wildman–Crippen LogP) is 3.35. The molecule has 1 aromatic heterocycles. The smallest absolute Gasteiger partial charge is 0.192 e. The highest BCUT2D eigenvalue weighted by molar-refractivity contribution is 5.77. The van der Waals surface area contributed by atoms with Crippen LogP contribution in [0.4, 0.5) is 5.69 Å². The molecular weight excluding hydrogens is 200 g/mol. The molecule has 2 aromatic rings. The molecule has 84 valence electrons. The van der Waals surface area contributed by atoms with E-state index in [4.69, 9.17) is 4.42 Å². The first-order valence-corrected chi connectivity index (χ1v) is 5.86. The molecule has 3 nitrogen and oxygen atoms in total. The maximum absolute atomic E-state index is 5.52. The minimum Gasteiger partial charge on any atom is -0.441 e. The van der Waals surface area contributed by atoms with E-state index in [1.807, 2.05) is 19.1 Å². The maximum atomic E-state index is 5.52. The van der Waals surface area contributed by atoms with Crippen LogP contribution in [0.3, 0.4) is 0 Å². The number of nitrogens with zero attached hydrogens (tertiary/aromatic N) is 1. The van der Waals surface area contributed by atoms with Crippen LogP contribution in [-0.2, 0) is 0 Å². The summed E-state index contributed by atoms with van der Waals surface area (Å²) in [4.78, 5) is 4.29. The summed E-state index contributed by atoms with van der Waals surface area (Å²) in [5.41, 5.74) is 2.93. The third-order valence-electron chi connectivity index (χ3n) is 3.22. The van der Waals surface area contributed by atoms with E-state index >= 15 is 0 Å². The van der Waals surface area contributed by atoms with Crippen molar-refractivity contribution in [3.63, 3.8) is 0 Å². The van der Waals surface area contributed by atoms with Crippen molar-refractivity contribution < 1.29 is 4.42 Å². The van der Waals surface area contributed by atoms with Crippen molar-refractivity contribution in [3.8, 4) is 0 Å². The van der Waals surface area contributed by atoms with Crippen LogP contribution in [0.25, 0.3) is 11.1 Å². The van der Waals surface area contributed by atoms with Crippen molar-refractivity contribution in [2.24, 2.45) is 5.92 Å². The van der Waals surface area contributed by atoms with Gasteiger partial charge in [0.25, 0.3) is 0 Å². The maximum Gasteiger partial charge on any atom is 0.192 e. The molecule has 0 amide bonds. The molecule has 0 spiro atoms. The van der Waals surface area contributed by atoms with Gasteiger partial charge in [0.1, 0.15) is 5.52 Å². The van der Waals surface area contributed by atoms with Gasteiger partial charge in [-0.3, -0.25) is 0 Å². The van der Waals surface area contributed by atoms with E-state index < -0.39 is 0 Å². The Bertz CT molecular complexity index is 514. The number of oxazole rings is 1. The van der Waals surface area contributed by atoms with Gasteiger partial charge in [0, 0.05) is 24.7 Å². The Kier molecular flexibility index (Phi) is 2.13. The van der Waals surface area contributed by atoms with Crippen molar-refractivity contribution >= 4 is 16.8 Å². The summed E-state index contributed by atoms with van der Waals surface area (Å²) < 4.78 is 5.52. The van der Waals surface area contributed by atoms with Crippen LogP contribution in [-0.4, -0.2) is 11.0 Å². The van der Waals surface area contributed by atoms with Gasteiger partial charge in [-0.05, 0) is 37.8 Å². The first kappa shape index (κ1) is 9.70. The van der Waals surface area contributed by atoms with Crippen molar-refractivity contribution in [2.45, 2.75) is 32.7 Å². The molecule has 1 aromatic carbocycles. The van der Waals surface area contributed by atoms with Gasteiger partial charge >= 0.3 is 0 Å². The number of fused-ring (bicyclic) bond motifs is 1. The van der Waals surface area contributed by atoms with Crippen LogP contribution in [0, 0.1) is 12.8 Å². The molecule has 0 bridgehead atoms. The van der Waals surface area contributed by atoms with Crippen LogP contribution in [0.2, 0.25) is 0 Å². The standard InChI is InChI=1S/C13H16N2O/c1-8(10-3-4-10)14-11-5-6-12-13(7-11)16-9(2)15-12/h5-8,10,14H,3-4H2,1-2H3. The normalized spacial score (nSPS) is 17.6. The summed E-state index contributed by atoms with van der Waals surface area (Å²) in [6, 6.07) is 6.67. The van der Waals surface area contributed by atoms with Gasteiger partial charge in [0.15, 0.2) is 11.5 Å². The number of hydrogen-bond donors (Lipinski definition) is 1. The number of aryl methyl sites for hydroxylation is 1.